The molecule has 6 heteroatoms. The van der Waals surface area contributed by atoms with Crippen LogP contribution in [-0.2, 0) is 0 Å². The van der Waals surface area contributed by atoms with Gasteiger partial charge in [0.1, 0.15) is 5.52 Å². The number of urea groups is 1. The van der Waals surface area contributed by atoms with E-state index in [4.69, 9.17) is 0 Å². The summed E-state index contributed by atoms with van der Waals surface area (Å²) in [7, 11) is 0. The van der Waals surface area contributed by atoms with Crippen LogP contribution in [0, 0.1) is 6.92 Å². The van der Waals surface area contributed by atoms with Crippen molar-refractivity contribution < 1.29 is 9.90 Å². The number of carbonyl (C=O) groups is 1. The third-order valence-corrected chi connectivity index (χ3v) is 3.59. The molecule has 2 aromatic heterocycles. The van der Waals surface area contributed by atoms with E-state index in [1.165, 1.54) is 0 Å². The number of pyridine rings is 2. The van der Waals surface area contributed by atoms with Gasteiger partial charge in [-0.15, -0.1) is 0 Å². The van der Waals surface area contributed by atoms with Crippen molar-refractivity contribution in [3.8, 4) is 0 Å². The molecule has 3 aromatic rings. The average Bonchev–Trinajstić information content (AvgIpc) is 2.55. The highest BCUT2D eigenvalue weighted by atomic mass is 16.3. The number of carbonyl (C=O) groups excluding carboxylic acids is 1. The molecule has 2 heterocycles. The Labute approximate surface area is 139 Å². The van der Waals surface area contributed by atoms with Gasteiger partial charge in [0, 0.05) is 17.6 Å². The van der Waals surface area contributed by atoms with Crippen LogP contribution in [-0.4, -0.2) is 21.1 Å². The summed E-state index contributed by atoms with van der Waals surface area (Å²) in [6, 6.07) is 12.1. The summed E-state index contributed by atoms with van der Waals surface area (Å²) in [6.07, 6.45) is 1.13. The Morgan fingerprint density at radius 3 is 2.62 bits per heavy atom. The molecule has 1 unspecified atom stereocenters. The molecule has 0 fully saturated rings. The van der Waals surface area contributed by atoms with Gasteiger partial charge in [-0.05, 0) is 49.7 Å². The quantitative estimate of drug-likeness (QED) is 0.687. The predicted octanol–water partition coefficient (Wildman–Crippen LogP) is 3.64. The lowest BCUT2D eigenvalue weighted by Gasteiger charge is -2.11. The Bertz CT molecular complexity index is 876. The normalized spacial score (nSPS) is 12.0. The molecular formula is C18H18N4O2. The van der Waals surface area contributed by atoms with Gasteiger partial charge in [-0.2, -0.15) is 0 Å². The number of amides is 2. The van der Waals surface area contributed by atoms with Crippen LogP contribution >= 0.6 is 0 Å². The molecule has 122 valence electrons. The first-order valence-electron chi connectivity index (χ1n) is 7.61. The largest absolute Gasteiger partial charge is 0.389 e. The maximum Gasteiger partial charge on any atom is 0.323 e. The number of aliphatic hydroxyl groups excluding tert-OH is 1. The summed E-state index contributed by atoms with van der Waals surface area (Å²) in [5.41, 5.74) is 4.21. The van der Waals surface area contributed by atoms with E-state index in [0.717, 1.165) is 16.8 Å². The first-order chi connectivity index (χ1) is 11.5. The van der Waals surface area contributed by atoms with E-state index >= 15 is 0 Å². The van der Waals surface area contributed by atoms with Crippen molar-refractivity contribution in [3.63, 3.8) is 0 Å². The minimum absolute atomic E-state index is 0.364. The summed E-state index contributed by atoms with van der Waals surface area (Å²) in [5.74, 6) is 0. The molecule has 0 aliphatic heterocycles. The monoisotopic (exact) mass is 322 g/mol. The number of fused-ring (bicyclic) bond motifs is 1. The number of aliphatic hydroxyl groups is 1. The number of aryl methyl sites for hydroxylation is 1. The van der Waals surface area contributed by atoms with E-state index in [1.54, 1.807) is 43.5 Å². The molecule has 0 aliphatic rings. The summed E-state index contributed by atoms with van der Waals surface area (Å²) >= 11 is 0. The van der Waals surface area contributed by atoms with E-state index in [1.807, 2.05) is 19.1 Å². The van der Waals surface area contributed by atoms with E-state index in [2.05, 4.69) is 20.6 Å². The molecule has 3 N–H and O–H groups in total. The zero-order valence-electron chi connectivity index (χ0n) is 13.4. The molecule has 0 saturated carbocycles. The van der Waals surface area contributed by atoms with Crippen molar-refractivity contribution in [3.05, 3.63) is 59.9 Å². The summed E-state index contributed by atoms with van der Waals surface area (Å²) in [5, 5.41) is 15.1. The lowest BCUT2D eigenvalue weighted by atomic mass is 10.1. The maximum absolute atomic E-state index is 12.2. The Morgan fingerprint density at radius 2 is 1.92 bits per heavy atom. The smallest absolute Gasteiger partial charge is 0.323 e. The second-order valence-corrected chi connectivity index (χ2v) is 5.56. The number of anilines is 2. The van der Waals surface area contributed by atoms with E-state index in [0.29, 0.717) is 16.9 Å². The van der Waals surface area contributed by atoms with Crippen molar-refractivity contribution in [2.24, 2.45) is 0 Å². The van der Waals surface area contributed by atoms with Crippen LogP contribution in [0.4, 0.5) is 16.2 Å². The molecule has 2 amide bonds. The fourth-order valence-corrected chi connectivity index (χ4v) is 2.42. The van der Waals surface area contributed by atoms with Crippen LogP contribution in [0.5, 0.6) is 0 Å². The summed E-state index contributed by atoms with van der Waals surface area (Å²) in [4.78, 5) is 20.9. The fraction of sp³-hybridized carbons (Fsp3) is 0.167. The van der Waals surface area contributed by atoms with Gasteiger partial charge in [-0.3, -0.25) is 9.97 Å². The van der Waals surface area contributed by atoms with Crippen molar-refractivity contribution >= 4 is 28.4 Å². The van der Waals surface area contributed by atoms with Gasteiger partial charge in [0.15, 0.2) is 0 Å². The standard InChI is InChI=1S/C18H18N4O2/c1-11-10-16(17-15(20-11)4-3-9-19-17)22-18(24)21-14-7-5-13(6-8-14)12(2)23/h3-10,12,23H,1-2H3,(H2,20,21,22,24). The average molecular weight is 322 g/mol. The molecule has 3 rings (SSSR count). The number of hydrogen-bond donors (Lipinski definition) is 3. The first kappa shape index (κ1) is 15.9. The van der Waals surface area contributed by atoms with E-state index in [-0.39, 0.29) is 6.03 Å². The Morgan fingerprint density at radius 1 is 1.17 bits per heavy atom. The highest BCUT2D eigenvalue weighted by molar-refractivity contribution is 6.04. The van der Waals surface area contributed by atoms with Gasteiger partial charge < -0.3 is 15.7 Å². The third-order valence-electron chi connectivity index (χ3n) is 3.59. The van der Waals surface area contributed by atoms with Crippen LogP contribution in [0.3, 0.4) is 0 Å². The highest BCUT2D eigenvalue weighted by Crippen LogP contribution is 2.21. The molecule has 1 atom stereocenters. The number of nitrogens with one attached hydrogen (secondary N) is 2. The van der Waals surface area contributed by atoms with Crippen LogP contribution in [0.2, 0.25) is 0 Å². The van der Waals surface area contributed by atoms with Gasteiger partial charge in [-0.1, -0.05) is 12.1 Å². The highest BCUT2D eigenvalue weighted by Gasteiger charge is 2.09. The van der Waals surface area contributed by atoms with Crippen molar-refractivity contribution in [1.29, 1.82) is 0 Å². The summed E-state index contributed by atoms with van der Waals surface area (Å²) < 4.78 is 0. The molecule has 0 radical (unpaired) electrons. The minimum atomic E-state index is -0.537. The fourth-order valence-electron chi connectivity index (χ4n) is 2.42. The molecule has 6 nitrogen and oxygen atoms in total. The van der Waals surface area contributed by atoms with Gasteiger partial charge in [-0.25, -0.2) is 4.79 Å². The molecule has 24 heavy (non-hydrogen) atoms. The summed E-state index contributed by atoms with van der Waals surface area (Å²) in [6.45, 7) is 3.56. The number of hydrogen-bond acceptors (Lipinski definition) is 4. The third kappa shape index (κ3) is 3.49. The van der Waals surface area contributed by atoms with Crippen molar-refractivity contribution in [2.45, 2.75) is 20.0 Å². The lowest BCUT2D eigenvalue weighted by Crippen LogP contribution is -2.20. The predicted molar refractivity (Wildman–Crippen MR) is 94.0 cm³/mol. The molecule has 0 aliphatic carbocycles. The van der Waals surface area contributed by atoms with Gasteiger partial charge >= 0.3 is 6.03 Å². The number of benzene rings is 1. The number of rotatable bonds is 3. The number of aromatic nitrogens is 2. The Hall–Kier alpha value is -2.99. The molecule has 0 saturated heterocycles. The van der Waals surface area contributed by atoms with E-state index < -0.39 is 6.10 Å². The Balaban J connectivity index is 1.78. The second-order valence-electron chi connectivity index (χ2n) is 5.56. The zero-order valence-corrected chi connectivity index (χ0v) is 13.4. The van der Waals surface area contributed by atoms with Crippen LogP contribution in [0.25, 0.3) is 11.0 Å². The second kappa shape index (κ2) is 6.64. The van der Waals surface area contributed by atoms with Gasteiger partial charge in [0.05, 0.1) is 17.3 Å². The van der Waals surface area contributed by atoms with Gasteiger partial charge in [0.2, 0.25) is 0 Å². The Kier molecular flexibility index (Phi) is 4.39. The zero-order chi connectivity index (χ0) is 17.1. The van der Waals surface area contributed by atoms with Crippen molar-refractivity contribution in [2.75, 3.05) is 10.6 Å². The number of nitrogens with zero attached hydrogens (tertiary/aromatic N) is 2. The molecular weight excluding hydrogens is 304 g/mol. The topological polar surface area (TPSA) is 87.1 Å². The molecule has 0 bridgehead atoms. The van der Waals surface area contributed by atoms with Crippen LogP contribution < -0.4 is 10.6 Å². The SMILES string of the molecule is Cc1cc(NC(=O)Nc2ccc(C(C)O)cc2)c2ncccc2n1. The molecule has 1 aromatic carbocycles. The lowest BCUT2D eigenvalue weighted by molar-refractivity contribution is 0.199. The van der Waals surface area contributed by atoms with Crippen molar-refractivity contribution in [1.82, 2.24) is 9.97 Å². The van der Waals surface area contributed by atoms with E-state index in [9.17, 15) is 9.90 Å². The molecule has 0 spiro atoms. The van der Waals surface area contributed by atoms with Crippen LogP contribution in [0.15, 0.2) is 48.7 Å². The minimum Gasteiger partial charge on any atom is -0.389 e. The maximum atomic E-state index is 12.2. The van der Waals surface area contributed by atoms with Gasteiger partial charge in [0.25, 0.3) is 0 Å². The first-order valence-corrected chi connectivity index (χ1v) is 7.61. The van der Waals surface area contributed by atoms with Crippen LogP contribution in [0.1, 0.15) is 24.3 Å².